The van der Waals surface area contributed by atoms with Crippen molar-refractivity contribution in [2.24, 2.45) is 5.73 Å². The maximum Gasteiger partial charge on any atom is 0.417 e. The molecular weight excluding hydrogens is 694 g/mol. The van der Waals surface area contributed by atoms with Gasteiger partial charge in [0.25, 0.3) is 5.71 Å². The largest absolute Gasteiger partial charge is 0.482 e. The normalized spacial score (nSPS) is 24.3. The van der Waals surface area contributed by atoms with Gasteiger partial charge in [0, 0.05) is 48.6 Å². The van der Waals surface area contributed by atoms with Crippen LogP contribution in [0.2, 0.25) is 0 Å². The van der Waals surface area contributed by atoms with Gasteiger partial charge in [0.1, 0.15) is 0 Å². The first-order valence-electron chi connectivity index (χ1n) is 10.8. The molecule has 1 saturated carbocycles. The van der Waals surface area contributed by atoms with Crippen molar-refractivity contribution in [2.75, 3.05) is 11.9 Å². The van der Waals surface area contributed by atoms with Gasteiger partial charge in [-0.2, -0.15) is 19.6 Å². The van der Waals surface area contributed by atoms with E-state index in [1.54, 1.807) is 6.54 Å². The van der Waals surface area contributed by atoms with Crippen molar-refractivity contribution in [2.45, 2.75) is 62.4 Å². The summed E-state index contributed by atoms with van der Waals surface area (Å²) in [5.41, 5.74) is 2.72. The Hall–Kier alpha value is -2.21. The van der Waals surface area contributed by atoms with E-state index in [1.807, 2.05) is 0 Å². The number of carbonyl (C=O) groups is 3. The third-order valence-electron chi connectivity index (χ3n) is 6.10. The number of amides is 3. The van der Waals surface area contributed by atoms with Gasteiger partial charge in [-0.3, -0.25) is 19.4 Å². The molecule has 3 atom stereocenters. The van der Waals surface area contributed by atoms with E-state index in [9.17, 15) is 32.7 Å². The van der Waals surface area contributed by atoms with Crippen molar-refractivity contribution in [3.05, 3.63) is 30.6 Å². The number of nitrogens with zero attached hydrogens (tertiary/aromatic N) is 2. The van der Waals surface area contributed by atoms with Gasteiger partial charge in [0.15, 0.2) is 5.60 Å². The van der Waals surface area contributed by atoms with Crippen LogP contribution in [-0.2, 0) is 14.4 Å². The number of alkyl halides is 3. The Morgan fingerprint density at radius 3 is 2.71 bits per heavy atom. The van der Waals surface area contributed by atoms with Crippen molar-refractivity contribution in [3.63, 3.8) is 0 Å². The number of primary amides is 1. The van der Waals surface area contributed by atoms with E-state index in [4.69, 9.17) is 11.1 Å². The first kappa shape index (κ1) is 29.0. The molecule has 0 spiro atoms. The molecule has 1 aliphatic heterocycles. The number of carbonyl (C=O) groups excluding carboxylic acids is 3. The van der Waals surface area contributed by atoms with Crippen LogP contribution in [0, 0.1) is 36.5 Å². The van der Waals surface area contributed by atoms with Crippen LogP contribution in [0.15, 0.2) is 18.5 Å². The maximum atomic E-state index is 13.2. The first-order valence-corrected chi connectivity index (χ1v) is 10.8. The summed E-state index contributed by atoms with van der Waals surface area (Å²) in [6.07, 6.45) is -1.90. The average Bonchev–Trinajstić information content (AvgIpc) is 3.27. The number of hydrogen-bond donors (Lipinski definition) is 5. The average molecular weight is 721 g/mol. The summed E-state index contributed by atoms with van der Waals surface area (Å²) in [5.74, 6) is -1.89. The van der Waals surface area contributed by atoms with Crippen molar-refractivity contribution >= 4 is 29.1 Å². The van der Waals surface area contributed by atoms with Gasteiger partial charge in [-0.25, -0.2) is 12.0 Å². The Kier molecular flexibility index (Phi) is 9.69. The fraction of sp³-hybridized carbons (Fsp3) is 0.524. The van der Waals surface area contributed by atoms with E-state index in [2.05, 4.69) is 15.6 Å². The van der Waals surface area contributed by atoms with Crippen LogP contribution in [0.5, 0.6) is 0 Å². The molecule has 1 aromatic rings. The number of hydrogen-bond acceptors (Lipinski definition) is 6. The second kappa shape index (κ2) is 11.7. The first-order chi connectivity index (χ1) is 15.9. The Bertz CT molecular complexity index is 979. The zero-order chi connectivity index (χ0) is 25.1. The number of halogens is 3. The summed E-state index contributed by atoms with van der Waals surface area (Å²) in [6.45, 7) is 1.29. The summed E-state index contributed by atoms with van der Waals surface area (Å²) >= 11 is 0. The topological polar surface area (TPSA) is 163 Å². The number of aromatic nitrogens is 1. The molecule has 3 rings (SSSR count). The number of likely N-dealkylation sites (tertiary alicyclic amines) is 1. The van der Waals surface area contributed by atoms with E-state index >= 15 is 0 Å². The molecule has 3 amide bonds. The zero-order valence-corrected chi connectivity index (χ0v) is 22.4. The Morgan fingerprint density at radius 2 is 2.06 bits per heavy atom. The van der Waals surface area contributed by atoms with Crippen molar-refractivity contribution in [3.8, 4) is 0 Å². The quantitative estimate of drug-likeness (QED) is 0.180. The second-order valence-electron chi connectivity index (χ2n) is 8.46. The van der Waals surface area contributed by atoms with Gasteiger partial charge < -0.3 is 26.4 Å². The number of nitrogens with two attached hydrogens (primary N) is 2. The summed E-state index contributed by atoms with van der Waals surface area (Å²) in [6, 6.07) is -0.281. The minimum Gasteiger partial charge on any atom is -0.482 e. The van der Waals surface area contributed by atoms with E-state index in [1.165, 1.54) is 23.4 Å². The molecule has 10 nitrogen and oxygen atoms in total. The van der Waals surface area contributed by atoms with Crippen LogP contribution < -0.4 is 21.8 Å². The molecule has 0 aromatic carbocycles. The van der Waals surface area contributed by atoms with Crippen LogP contribution in [0.3, 0.4) is 0 Å². The van der Waals surface area contributed by atoms with Gasteiger partial charge in [-0.15, -0.1) is 0 Å². The molecule has 1 saturated heterocycles. The Morgan fingerprint density at radius 1 is 1.34 bits per heavy atom. The molecule has 1 radical (unpaired) electrons. The van der Waals surface area contributed by atoms with Crippen LogP contribution in [0.4, 0.5) is 18.9 Å². The molecular formula is C21H27F3N6NpO4. The summed E-state index contributed by atoms with van der Waals surface area (Å²) in [5, 5.41) is 21.1. The zero-order valence-electron chi connectivity index (χ0n) is 18.7. The molecule has 2 heterocycles. The number of rotatable bonds is 7. The minimum atomic E-state index is -4.79. The smallest absolute Gasteiger partial charge is 0.417 e. The summed E-state index contributed by atoms with van der Waals surface area (Å²) < 4.78 is 39.6. The van der Waals surface area contributed by atoms with Gasteiger partial charge in [0.05, 0.1) is 30.0 Å². The summed E-state index contributed by atoms with van der Waals surface area (Å²) in [4.78, 5) is 42.1. The van der Waals surface area contributed by atoms with E-state index < -0.39 is 54.4 Å². The predicted molar refractivity (Wildman–Crippen MR) is 114 cm³/mol. The fourth-order valence-electron chi connectivity index (χ4n) is 4.27. The Balaban J connectivity index is 0.00000432. The van der Waals surface area contributed by atoms with Crippen molar-refractivity contribution in [1.82, 2.24) is 15.2 Å². The molecule has 1 aliphatic carbocycles. The molecule has 0 bridgehead atoms. The van der Waals surface area contributed by atoms with Crippen LogP contribution in [0.25, 0.3) is 0 Å². The van der Waals surface area contributed by atoms with E-state index in [0.29, 0.717) is 24.9 Å². The molecule has 1 aromatic heterocycles. The standard InChI is InChI=1S/C21H26F3N6O4.Np/c22-21(23,24)20(34)6-1-3-12(9-20)29-19(33)15-4-2-8-30(15)16(31)11-28-14-10-27-7-5-13(14)17(25)18(26)32;/h5,7-8,10,12,15,25,28,34H,1-4,6,9,11H2,(H2,26,32)(H,29,33);/q-1;/p+1/t12?,15-,20?;/m0./s1. The molecule has 2 unspecified atom stereocenters. The van der Waals surface area contributed by atoms with Gasteiger partial charge in [-0.1, -0.05) is 6.42 Å². The number of pyridine rings is 1. The monoisotopic (exact) mass is 720 g/mol. The molecule has 2 fully saturated rings. The molecule has 2 aliphatic rings. The van der Waals surface area contributed by atoms with E-state index in [0.717, 1.165) is 0 Å². The maximum absolute atomic E-state index is 13.2. The van der Waals surface area contributed by atoms with Gasteiger partial charge in [-0.05, 0) is 25.3 Å². The predicted octanol–water partition coefficient (Wildman–Crippen LogP) is -0.968. The van der Waals surface area contributed by atoms with Gasteiger partial charge in [0.2, 0.25) is 11.8 Å². The van der Waals surface area contributed by atoms with Crippen molar-refractivity contribution < 1.29 is 68.0 Å². The van der Waals surface area contributed by atoms with Crippen LogP contribution >= 0.6 is 0 Å². The molecule has 14 heteroatoms. The molecule has 35 heavy (non-hydrogen) atoms. The van der Waals surface area contributed by atoms with Gasteiger partial charge >= 0.3 is 12.1 Å². The third kappa shape index (κ3) is 6.72. The molecule has 7 N–H and O–H groups in total. The van der Waals surface area contributed by atoms with E-state index in [-0.39, 0.29) is 54.2 Å². The number of aliphatic hydroxyl groups is 1. The Labute approximate surface area is 222 Å². The van der Waals surface area contributed by atoms with Crippen molar-refractivity contribution in [1.29, 1.82) is 0 Å². The second-order valence-corrected chi connectivity index (χ2v) is 8.46. The molecule has 191 valence electrons. The van der Waals surface area contributed by atoms with Crippen LogP contribution in [-0.4, -0.2) is 68.8 Å². The third-order valence-corrected chi connectivity index (χ3v) is 6.10. The number of anilines is 1. The number of nitrogens with one attached hydrogen (secondary N) is 2. The summed E-state index contributed by atoms with van der Waals surface area (Å²) in [7, 11) is 0. The SMILES string of the molecule is NC(=O)C(=[NH2+])c1ccncc1NCC(=O)N1[CH-]CC[C@H]1C(=O)NC1CCCC(O)(C(F)(F)F)C1.[Np]. The van der Waals surface area contributed by atoms with Crippen LogP contribution in [0.1, 0.15) is 44.1 Å². The minimum absolute atomic E-state index is 0. The fourth-order valence-corrected chi connectivity index (χ4v) is 4.27.